The van der Waals surface area contributed by atoms with E-state index in [1.165, 1.54) is 0 Å². The fourth-order valence-corrected chi connectivity index (χ4v) is 2.75. The number of hydrogen-bond acceptors (Lipinski definition) is 6. The third-order valence-electron chi connectivity index (χ3n) is 4.14. The number of β-amino-alcohol motifs (C(OH)–C–C–N with tert-alkyl or cyclic N) is 1. The molecule has 0 aromatic heterocycles. The summed E-state index contributed by atoms with van der Waals surface area (Å²) in [6.45, 7) is 6.51. The average molecular weight is 324 g/mol. The topological polar surface area (TPSA) is 63.2 Å². The first kappa shape index (κ1) is 18.0. The minimum atomic E-state index is -0.410. The Bertz CT molecular complexity index is 478. The van der Waals surface area contributed by atoms with Crippen LogP contribution in [0.2, 0.25) is 0 Å². The molecule has 23 heavy (non-hydrogen) atoms. The largest absolute Gasteiger partial charge is 0.497 e. The Balaban J connectivity index is 1.87. The van der Waals surface area contributed by atoms with Gasteiger partial charge in [0.1, 0.15) is 11.5 Å². The van der Waals surface area contributed by atoms with Crippen LogP contribution in [0.25, 0.3) is 0 Å². The van der Waals surface area contributed by atoms with Crippen molar-refractivity contribution >= 4 is 0 Å². The molecule has 1 saturated heterocycles. The lowest BCUT2D eigenvalue weighted by Gasteiger charge is -2.29. The van der Waals surface area contributed by atoms with E-state index in [4.69, 9.17) is 14.2 Å². The van der Waals surface area contributed by atoms with Gasteiger partial charge >= 0.3 is 0 Å². The maximum Gasteiger partial charge on any atom is 0.123 e. The predicted octanol–water partition coefficient (Wildman–Crippen LogP) is 1.05. The second-order valence-corrected chi connectivity index (χ2v) is 5.80. The number of ether oxygens (including phenoxy) is 3. The molecule has 0 amide bonds. The summed E-state index contributed by atoms with van der Waals surface area (Å²) in [4.78, 5) is 2.23. The van der Waals surface area contributed by atoms with Crippen molar-refractivity contribution in [3.63, 3.8) is 0 Å². The lowest BCUT2D eigenvalue weighted by atomic mass is 10.1. The second-order valence-electron chi connectivity index (χ2n) is 5.80. The van der Waals surface area contributed by atoms with E-state index in [0.29, 0.717) is 13.1 Å². The van der Waals surface area contributed by atoms with Crippen molar-refractivity contribution in [3.8, 4) is 11.5 Å². The molecule has 1 aliphatic heterocycles. The van der Waals surface area contributed by atoms with Gasteiger partial charge in [-0.1, -0.05) is 0 Å². The van der Waals surface area contributed by atoms with Crippen LogP contribution in [-0.4, -0.2) is 69.7 Å². The number of nitrogens with zero attached hydrogens (tertiary/aromatic N) is 1. The van der Waals surface area contributed by atoms with Gasteiger partial charge in [0, 0.05) is 37.8 Å². The molecular formula is C17H28N2O4. The number of aliphatic hydroxyl groups excluding tert-OH is 1. The van der Waals surface area contributed by atoms with E-state index in [2.05, 4.69) is 17.1 Å². The molecule has 130 valence electrons. The zero-order valence-corrected chi connectivity index (χ0v) is 14.2. The van der Waals surface area contributed by atoms with Crippen molar-refractivity contribution in [1.29, 1.82) is 0 Å². The maximum absolute atomic E-state index is 10.2. The summed E-state index contributed by atoms with van der Waals surface area (Å²) in [6, 6.07) is 5.79. The normalized spacial score (nSPS) is 18.4. The first-order valence-electron chi connectivity index (χ1n) is 8.07. The summed E-state index contributed by atoms with van der Waals surface area (Å²) in [5, 5.41) is 13.6. The highest BCUT2D eigenvalue weighted by atomic mass is 16.5. The minimum Gasteiger partial charge on any atom is -0.497 e. The second kappa shape index (κ2) is 9.08. The number of nitrogens with one attached hydrogen (secondary N) is 1. The molecule has 6 nitrogen and oxygen atoms in total. The van der Waals surface area contributed by atoms with Crippen molar-refractivity contribution < 1.29 is 19.3 Å². The summed E-state index contributed by atoms with van der Waals surface area (Å²) >= 11 is 0. The summed E-state index contributed by atoms with van der Waals surface area (Å²) < 4.78 is 16.0. The van der Waals surface area contributed by atoms with Crippen molar-refractivity contribution in [1.82, 2.24) is 10.2 Å². The van der Waals surface area contributed by atoms with Crippen LogP contribution in [0.15, 0.2) is 18.2 Å². The van der Waals surface area contributed by atoms with Gasteiger partial charge in [0.05, 0.1) is 33.5 Å². The molecule has 1 aromatic carbocycles. The van der Waals surface area contributed by atoms with Crippen LogP contribution < -0.4 is 14.8 Å². The third-order valence-corrected chi connectivity index (χ3v) is 4.14. The van der Waals surface area contributed by atoms with Gasteiger partial charge in [-0.25, -0.2) is 0 Å². The molecule has 2 N–H and O–H groups in total. The van der Waals surface area contributed by atoms with E-state index >= 15 is 0 Å². The van der Waals surface area contributed by atoms with Gasteiger partial charge in [-0.3, -0.25) is 4.90 Å². The monoisotopic (exact) mass is 324 g/mol. The summed E-state index contributed by atoms with van der Waals surface area (Å²) in [5.74, 6) is 1.61. The molecule has 2 rings (SSSR count). The van der Waals surface area contributed by atoms with Crippen LogP contribution in [0.4, 0.5) is 0 Å². The molecule has 2 atom stereocenters. The quantitative estimate of drug-likeness (QED) is 0.745. The van der Waals surface area contributed by atoms with Gasteiger partial charge in [-0.2, -0.15) is 0 Å². The van der Waals surface area contributed by atoms with Crippen molar-refractivity contribution in [2.45, 2.75) is 19.1 Å². The number of hydrogen-bond donors (Lipinski definition) is 2. The van der Waals surface area contributed by atoms with Crippen LogP contribution in [0.5, 0.6) is 11.5 Å². The predicted molar refractivity (Wildman–Crippen MR) is 89.2 cm³/mol. The summed E-state index contributed by atoms with van der Waals surface area (Å²) in [5.41, 5.74) is 1.02. The Morgan fingerprint density at radius 2 is 2.00 bits per heavy atom. The number of methoxy groups -OCH3 is 2. The Hall–Kier alpha value is -1.34. The molecule has 0 unspecified atom stereocenters. The lowest BCUT2D eigenvalue weighted by Crippen LogP contribution is -2.44. The van der Waals surface area contributed by atoms with E-state index in [-0.39, 0.29) is 6.04 Å². The van der Waals surface area contributed by atoms with Gasteiger partial charge in [0.2, 0.25) is 0 Å². The Morgan fingerprint density at radius 1 is 1.26 bits per heavy atom. The summed E-state index contributed by atoms with van der Waals surface area (Å²) in [7, 11) is 3.31. The SMILES string of the molecule is COc1ccc(OC)c([C@H](C)NC[C@@H](O)CN2CCOCC2)c1. The van der Waals surface area contributed by atoms with Crippen molar-refractivity contribution in [3.05, 3.63) is 23.8 Å². The number of benzene rings is 1. The Labute approximate surface area is 138 Å². The van der Waals surface area contributed by atoms with E-state index in [1.807, 2.05) is 18.2 Å². The molecule has 0 aliphatic carbocycles. The molecule has 6 heteroatoms. The zero-order valence-electron chi connectivity index (χ0n) is 14.2. The molecule has 0 radical (unpaired) electrons. The molecule has 1 aliphatic rings. The molecule has 0 saturated carbocycles. The number of morpholine rings is 1. The van der Waals surface area contributed by atoms with E-state index in [1.54, 1.807) is 14.2 Å². The zero-order chi connectivity index (χ0) is 16.7. The Morgan fingerprint density at radius 3 is 2.65 bits per heavy atom. The molecule has 1 heterocycles. The van der Waals surface area contributed by atoms with Crippen molar-refractivity contribution in [2.24, 2.45) is 0 Å². The average Bonchev–Trinajstić information content (AvgIpc) is 2.60. The van der Waals surface area contributed by atoms with Gasteiger partial charge in [0.25, 0.3) is 0 Å². The fourth-order valence-electron chi connectivity index (χ4n) is 2.75. The van der Waals surface area contributed by atoms with Gasteiger partial charge in [-0.15, -0.1) is 0 Å². The molecule has 0 spiro atoms. The first-order valence-corrected chi connectivity index (χ1v) is 8.07. The third kappa shape index (κ3) is 5.35. The van der Waals surface area contributed by atoms with Gasteiger partial charge < -0.3 is 24.6 Å². The minimum absolute atomic E-state index is 0.0550. The van der Waals surface area contributed by atoms with Crippen LogP contribution in [0.3, 0.4) is 0 Å². The van der Waals surface area contributed by atoms with Crippen LogP contribution in [-0.2, 0) is 4.74 Å². The molecular weight excluding hydrogens is 296 g/mol. The maximum atomic E-state index is 10.2. The highest BCUT2D eigenvalue weighted by Crippen LogP contribution is 2.29. The number of rotatable bonds is 8. The molecule has 0 bridgehead atoms. The Kier molecular flexibility index (Phi) is 7.11. The lowest BCUT2D eigenvalue weighted by molar-refractivity contribution is 0.0145. The van der Waals surface area contributed by atoms with Gasteiger partial charge in [0.15, 0.2) is 0 Å². The fraction of sp³-hybridized carbons (Fsp3) is 0.647. The molecule has 1 fully saturated rings. The highest BCUT2D eigenvalue weighted by Gasteiger charge is 2.17. The summed E-state index contributed by atoms with van der Waals surface area (Å²) in [6.07, 6.45) is -0.410. The molecule has 1 aromatic rings. The number of aliphatic hydroxyl groups is 1. The van der Waals surface area contributed by atoms with E-state index in [0.717, 1.165) is 43.4 Å². The first-order chi connectivity index (χ1) is 11.1. The smallest absolute Gasteiger partial charge is 0.123 e. The van der Waals surface area contributed by atoms with Gasteiger partial charge in [-0.05, 0) is 25.1 Å². The van der Waals surface area contributed by atoms with E-state index < -0.39 is 6.10 Å². The highest BCUT2D eigenvalue weighted by molar-refractivity contribution is 5.42. The van der Waals surface area contributed by atoms with E-state index in [9.17, 15) is 5.11 Å². The van der Waals surface area contributed by atoms with Crippen LogP contribution >= 0.6 is 0 Å². The standard InChI is InChI=1S/C17H28N2O4/c1-13(16-10-15(21-2)4-5-17(16)22-3)18-11-14(20)12-19-6-8-23-9-7-19/h4-5,10,13-14,18,20H,6-9,11-12H2,1-3H3/t13-,14+/m0/s1. The van der Waals surface area contributed by atoms with Crippen LogP contribution in [0.1, 0.15) is 18.5 Å². The van der Waals surface area contributed by atoms with Crippen LogP contribution in [0, 0.1) is 0 Å². The van der Waals surface area contributed by atoms with Crippen molar-refractivity contribution in [2.75, 3.05) is 53.6 Å².